The Hall–Kier alpha value is -2.42. The molecule has 1 amide bonds. The van der Waals surface area contributed by atoms with E-state index in [0.29, 0.717) is 6.08 Å². The molecule has 1 aromatic heterocycles. The number of halogens is 4. The molecule has 0 bridgehead atoms. The van der Waals surface area contributed by atoms with E-state index >= 15 is 4.39 Å². The number of aliphatic hydroxyl groups is 1. The van der Waals surface area contributed by atoms with Crippen LogP contribution in [0.1, 0.15) is 67.3 Å². The monoisotopic (exact) mass is 468 g/mol. The van der Waals surface area contributed by atoms with Crippen molar-refractivity contribution in [1.82, 2.24) is 10.3 Å². The minimum absolute atomic E-state index is 0.00612. The molecular formula is C24H28F4N2O3. The molecule has 1 aromatic rings. The number of allylic oxidation sites excluding steroid dienone is 4. The number of alkyl halides is 4. The fourth-order valence-corrected chi connectivity index (χ4v) is 4.50. The first-order valence-corrected chi connectivity index (χ1v) is 11.3. The summed E-state index contributed by atoms with van der Waals surface area (Å²) in [5, 5.41) is 13.0. The zero-order valence-corrected chi connectivity index (χ0v) is 18.4. The van der Waals surface area contributed by atoms with Crippen molar-refractivity contribution in [3.63, 3.8) is 0 Å². The highest BCUT2D eigenvalue weighted by Crippen LogP contribution is 2.49. The molecule has 33 heavy (non-hydrogen) atoms. The van der Waals surface area contributed by atoms with Gasteiger partial charge in [-0.15, -0.1) is 0 Å². The van der Waals surface area contributed by atoms with E-state index in [0.717, 1.165) is 50.7 Å². The molecule has 9 heteroatoms. The maximum absolute atomic E-state index is 15.4. The second-order valence-corrected chi connectivity index (χ2v) is 9.44. The predicted octanol–water partition coefficient (Wildman–Crippen LogP) is 4.77. The van der Waals surface area contributed by atoms with E-state index < -0.39 is 29.3 Å². The SMILES string of the molecule is CC(O)(CNC(=O)c1cnc(OC2CCCC2)c(C2C=CC=CC2(F)C(F)(F)F)c1)C1CC1. The highest BCUT2D eigenvalue weighted by molar-refractivity contribution is 5.94. The summed E-state index contributed by atoms with van der Waals surface area (Å²) in [7, 11) is 0. The van der Waals surface area contributed by atoms with Crippen molar-refractivity contribution >= 4 is 5.91 Å². The Morgan fingerprint density at radius 3 is 2.58 bits per heavy atom. The zero-order chi connectivity index (χ0) is 23.9. The lowest BCUT2D eigenvalue weighted by molar-refractivity contribution is -0.216. The van der Waals surface area contributed by atoms with Crippen LogP contribution in [0, 0.1) is 5.92 Å². The molecule has 0 aliphatic heterocycles. The summed E-state index contributed by atoms with van der Waals surface area (Å²) in [6.07, 6.45) is 4.87. The van der Waals surface area contributed by atoms with Gasteiger partial charge >= 0.3 is 6.18 Å². The Labute approximate surface area is 189 Å². The van der Waals surface area contributed by atoms with Gasteiger partial charge in [-0.1, -0.05) is 18.2 Å². The second kappa shape index (κ2) is 8.74. The van der Waals surface area contributed by atoms with Crippen molar-refractivity contribution in [3.8, 4) is 5.88 Å². The number of amides is 1. The summed E-state index contributed by atoms with van der Waals surface area (Å²) in [5.41, 5.74) is -4.90. The number of nitrogens with zero attached hydrogens (tertiary/aromatic N) is 1. The topological polar surface area (TPSA) is 71.5 Å². The van der Waals surface area contributed by atoms with E-state index in [1.807, 2.05) is 0 Å². The van der Waals surface area contributed by atoms with Crippen molar-refractivity contribution < 1.29 is 32.2 Å². The molecule has 4 rings (SSSR count). The van der Waals surface area contributed by atoms with Crippen LogP contribution in [0.4, 0.5) is 17.6 Å². The normalized spacial score (nSPS) is 27.4. The molecule has 1 heterocycles. The molecule has 0 aromatic carbocycles. The van der Waals surface area contributed by atoms with Crippen LogP contribution in [0.3, 0.4) is 0 Å². The average molecular weight is 468 g/mol. The van der Waals surface area contributed by atoms with E-state index in [1.54, 1.807) is 6.92 Å². The van der Waals surface area contributed by atoms with Crippen LogP contribution >= 0.6 is 0 Å². The molecule has 3 unspecified atom stereocenters. The maximum Gasteiger partial charge on any atom is 0.427 e. The molecule has 0 radical (unpaired) electrons. The van der Waals surface area contributed by atoms with E-state index in [1.165, 1.54) is 18.3 Å². The van der Waals surface area contributed by atoms with Crippen molar-refractivity contribution in [2.45, 2.75) is 74.9 Å². The van der Waals surface area contributed by atoms with Gasteiger partial charge in [0.2, 0.25) is 11.5 Å². The molecule has 0 spiro atoms. The summed E-state index contributed by atoms with van der Waals surface area (Å²) >= 11 is 0. The standard InChI is InChI=1S/C24H28F4N2O3/c1-22(32,16-9-10-16)14-30-20(31)15-12-18(21(29-13-15)33-17-6-2-3-7-17)19-8-4-5-11-23(19,25)24(26,27)28/h4-5,8,11-13,16-17,19,32H,2-3,6-7,9-10,14H2,1H3,(H,30,31). The summed E-state index contributed by atoms with van der Waals surface area (Å²) in [6.45, 7) is 1.63. The molecular weight excluding hydrogens is 440 g/mol. The number of rotatable bonds is 7. The predicted molar refractivity (Wildman–Crippen MR) is 114 cm³/mol. The third kappa shape index (κ3) is 4.93. The van der Waals surface area contributed by atoms with Crippen molar-refractivity contribution in [3.05, 3.63) is 47.7 Å². The average Bonchev–Trinajstić information content (AvgIpc) is 3.51. The summed E-state index contributed by atoms with van der Waals surface area (Å²) < 4.78 is 62.5. The van der Waals surface area contributed by atoms with Gasteiger partial charge in [0.05, 0.1) is 17.1 Å². The summed E-state index contributed by atoms with van der Waals surface area (Å²) in [6, 6.07) is 1.21. The lowest BCUT2D eigenvalue weighted by Crippen LogP contribution is -2.45. The first kappa shape index (κ1) is 23.7. The van der Waals surface area contributed by atoms with Crippen LogP contribution in [0.2, 0.25) is 0 Å². The number of ether oxygens (including phenoxy) is 1. The third-order valence-corrected chi connectivity index (χ3v) is 6.76. The van der Waals surface area contributed by atoms with Gasteiger partial charge in [0.15, 0.2) is 0 Å². The van der Waals surface area contributed by atoms with Gasteiger partial charge in [-0.3, -0.25) is 4.79 Å². The summed E-state index contributed by atoms with van der Waals surface area (Å²) in [5.74, 6) is -2.36. The van der Waals surface area contributed by atoms with Crippen LogP contribution in [0.15, 0.2) is 36.6 Å². The van der Waals surface area contributed by atoms with Crippen molar-refractivity contribution in [1.29, 1.82) is 0 Å². The molecule has 2 N–H and O–H groups in total. The van der Waals surface area contributed by atoms with E-state index in [9.17, 15) is 23.1 Å². The molecule has 3 aliphatic carbocycles. The zero-order valence-electron chi connectivity index (χ0n) is 18.4. The highest BCUT2D eigenvalue weighted by atomic mass is 19.4. The van der Waals surface area contributed by atoms with Gasteiger partial charge in [-0.2, -0.15) is 13.2 Å². The summed E-state index contributed by atoms with van der Waals surface area (Å²) in [4.78, 5) is 16.9. The van der Waals surface area contributed by atoms with E-state index in [-0.39, 0.29) is 35.6 Å². The van der Waals surface area contributed by atoms with Gasteiger partial charge in [-0.05, 0) is 63.5 Å². The van der Waals surface area contributed by atoms with Gasteiger partial charge in [0.1, 0.15) is 6.10 Å². The maximum atomic E-state index is 15.4. The quantitative estimate of drug-likeness (QED) is 0.566. The minimum Gasteiger partial charge on any atom is -0.474 e. The van der Waals surface area contributed by atoms with Gasteiger partial charge in [0.25, 0.3) is 5.91 Å². The van der Waals surface area contributed by atoms with Gasteiger partial charge in [0, 0.05) is 18.3 Å². The molecule has 0 saturated heterocycles. The molecule has 180 valence electrons. The minimum atomic E-state index is -5.18. The lowest BCUT2D eigenvalue weighted by atomic mass is 9.80. The Morgan fingerprint density at radius 2 is 1.94 bits per heavy atom. The van der Waals surface area contributed by atoms with E-state index in [4.69, 9.17) is 4.74 Å². The van der Waals surface area contributed by atoms with Crippen LogP contribution in [-0.4, -0.2) is 46.1 Å². The lowest BCUT2D eigenvalue weighted by Gasteiger charge is -2.34. The number of hydrogen-bond acceptors (Lipinski definition) is 4. The Kier molecular flexibility index (Phi) is 6.28. The number of carbonyl (C=O) groups is 1. The van der Waals surface area contributed by atoms with Crippen LogP contribution in [0.5, 0.6) is 5.88 Å². The molecule has 2 saturated carbocycles. The van der Waals surface area contributed by atoms with Crippen LogP contribution in [-0.2, 0) is 0 Å². The number of hydrogen-bond donors (Lipinski definition) is 2. The van der Waals surface area contributed by atoms with Crippen LogP contribution < -0.4 is 10.1 Å². The Bertz CT molecular complexity index is 950. The molecule has 3 aliphatic rings. The van der Waals surface area contributed by atoms with Gasteiger partial charge in [-0.25, -0.2) is 9.37 Å². The number of carbonyl (C=O) groups excluding carboxylic acids is 1. The second-order valence-electron chi connectivity index (χ2n) is 9.44. The Morgan fingerprint density at radius 1 is 1.24 bits per heavy atom. The Balaban J connectivity index is 1.65. The van der Waals surface area contributed by atoms with E-state index in [2.05, 4.69) is 10.3 Å². The fraction of sp³-hybridized carbons (Fsp3) is 0.583. The first-order valence-electron chi connectivity index (χ1n) is 11.3. The fourth-order valence-electron chi connectivity index (χ4n) is 4.50. The highest BCUT2D eigenvalue weighted by Gasteiger charge is 2.60. The first-order chi connectivity index (χ1) is 15.5. The third-order valence-electron chi connectivity index (χ3n) is 6.76. The van der Waals surface area contributed by atoms with Crippen molar-refractivity contribution in [2.24, 2.45) is 5.92 Å². The number of pyridine rings is 1. The van der Waals surface area contributed by atoms with Crippen molar-refractivity contribution in [2.75, 3.05) is 6.54 Å². The smallest absolute Gasteiger partial charge is 0.427 e. The molecule has 3 atom stereocenters. The van der Waals surface area contributed by atoms with Crippen LogP contribution in [0.25, 0.3) is 0 Å². The molecule has 2 fully saturated rings. The molecule has 5 nitrogen and oxygen atoms in total. The number of nitrogens with one attached hydrogen (secondary N) is 1. The van der Waals surface area contributed by atoms with Gasteiger partial charge < -0.3 is 15.2 Å². The number of aromatic nitrogens is 1. The largest absolute Gasteiger partial charge is 0.474 e.